The molecule has 0 aliphatic carbocycles. The molecule has 2 aromatic rings. The standard InChI is InChI=1S/C13H15NOS/c15-13(5-7-14-8-6-13)11-3-1-2-10-4-9-16-12(10)11/h1-4,9,14-15H,5-8H2. The number of fused-ring (bicyclic) bond motifs is 1. The van der Waals surface area contributed by atoms with E-state index >= 15 is 0 Å². The Bertz CT molecular complexity index is 499. The Kier molecular flexibility index (Phi) is 2.46. The van der Waals surface area contributed by atoms with Crippen LogP contribution in [0, 0.1) is 0 Å². The number of hydrogen-bond donors (Lipinski definition) is 2. The Labute approximate surface area is 98.9 Å². The highest BCUT2D eigenvalue weighted by molar-refractivity contribution is 7.17. The lowest BCUT2D eigenvalue weighted by Crippen LogP contribution is -2.39. The van der Waals surface area contributed by atoms with Crippen molar-refractivity contribution >= 4 is 21.4 Å². The van der Waals surface area contributed by atoms with Gasteiger partial charge in [-0.05, 0) is 42.8 Å². The lowest BCUT2D eigenvalue weighted by atomic mass is 9.85. The monoisotopic (exact) mass is 233 g/mol. The molecule has 1 aromatic heterocycles. The number of hydrogen-bond acceptors (Lipinski definition) is 3. The predicted molar refractivity (Wildman–Crippen MR) is 67.8 cm³/mol. The van der Waals surface area contributed by atoms with Crippen LogP contribution in [0.5, 0.6) is 0 Å². The van der Waals surface area contributed by atoms with E-state index in [1.807, 2.05) is 6.07 Å². The summed E-state index contributed by atoms with van der Waals surface area (Å²) in [5, 5.41) is 17.4. The zero-order valence-corrected chi connectivity index (χ0v) is 9.89. The fraction of sp³-hybridized carbons (Fsp3) is 0.385. The van der Waals surface area contributed by atoms with E-state index < -0.39 is 5.60 Å². The highest BCUT2D eigenvalue weighted by Crippen LogP contribution is 2.37. The molecule has 0 spiro atoms. The summed E-state index contributed by atoms with van der Waals surface area (Å²) < 4.78 is 1.24. The summed E-state index contributed by atoms with van der Waals surface area (Å²) in [4.78, 5) is 0. The van der Waals surface area contributed by atoms with Crippen LogP contribution >= 0.6 is 11.3 Å². The van der Waals surface area contributed by atoms with Crippen molar-refractivity contribution in [2.75, 3.05) is 13.1 Å². The summed E-state index contributed by atoms with van der Waals surface area (Å²) in [6, 6.07) is 8.35. The highest BCUT2D eigenvalue weighted by atomic mass is 32.1. The fourth-order valence-corrected chi connectivity index (χ4v) is 3.48. The molecular formula is C13H15NOS. The molecule has 1 aliphatic heterocycles. The summed E-state index contributed by atoms with van der Waals surface area (Å²) in [6.45, 7) is 1.80. The van der Waals surface area contributed by atoms with Crippen molar-refractivity contribution in [1.29, 1.82) is 0 Å². The Morgan fingerprint density at radius 3 is 2.81 bits per heavy atom. The molecule has 1 aliphatic rings. The second-order valence-corrected chi connectivity index (χ2v) is 5.34. The Morgan fingerprint density at radius 1 is 1.19 bits per heavy atom. The van der Waals surface area contributed by atoms with Crippen LogP contribution in [0.4, 0.5) is 0 Å². The van der Waals surface area contributed by atoms with Crippen LogP contribution in [-0.2, 0) is 5.60 Å². The van der Waals surface area contributed by atoms with Gasteiger partial charge in [0.25, 0.3) is 0 Å². The highest BCUT2D eigenvalue weighted by Gasteiger charge is 2.32. The predicted octanol–water partition coefficient (Wildman–Crippen LogP) is 2.47. The molecule has 3 heteroatoms. The molecule has 1 fully saturated rings. The molecule has 0 unspecified atom stereocenters. The van der Waals surface area contributed by atoms with E-state index in [9.17, 15) is 5.11 Å². The zero-order chi connectivity index (χ0) is 11.0. The summed E-state index contributed by atoms with van der Waals surface area (Å²) in [5.74, 6) is 0. The molecule has 0 bridgehead atoms. The van der Waals surface area contributed by atoms with E-state index in [0.717, 1.165) is 31.5 Å². The van der Waals surface area contributed by atoms with Gasteiger partial charge in [0, 0.05) is 10.3 Å². The Balaban J connectivity index is 2.13. The molecule has 1 saturated heterocycles. The van der Waals surface area contributed by atoms with E-state index in [4.69, 9.17) is 0 Å². The molecular weight excluding hydrogens is 218 g/mol. The number of piperidine rings is 1. The minimum atomic E-state index is -0.629. The molecule has 0 radical (unpaired) electrons. The minimum Gasteiger partial charge on any atom is -0.385 e. The van der Waals surface area contributed by atoms with E-state index in [1.165, 1.54) is 10.1 Å². The number of aliphatic hydroxyl groups is 1. The molecule has 84 valence electrons. The van der Waals surface area contributed by atoms with Crippen LogP contribution in [0.15, 0.2) is 29.6 Å². The molecule has 1 aromatic carbocycles. The van der Waals surface area contributed by atoms with Crippen LogP contribution in [0.3, 0.4) is 0 Å². The molecule has 0 atom stereocenters. The quantitative estimate of drug-likeness (QED) is 0.793. The van der Waals surface area contributed by atoms with Crippen molar-refractivity contribution in [1.82, 2.24) is 5.32 Å². The third-order valence-electron chi connectivity index (χ3n) is 3.41. The van der Waals surface area contributed by atoms with Crippen molar-refractivity contribution in [2.24, 2.45) is 0 Å². The first kappa shape index (κ1) is 10.3. The van der Waals surface area contributed by atoms with Crippen molar-refractivity contribution < 1.29 is 5.11 Å². The van der Waals surface area contributed by atoms with E-state index in [-0.39, 0.29) is 0 Å². The SMILES string of the molecule is OC1(c2cccc3ccsc23)CCNCC1. The molecule has 2 heterocycles. The largest absolute Gasteiger partial charge is 0.385 e. The Hall–Kier alpha value is -0.900. The van der Waals surface area contributed by atoms with E-state index in [1.54, 1.807) is 11.3 Å². The van der Waals surface area contributed by atoms with Crippen molar-refractivity contribution in [2.45, 2.75) is 18.4 Å². The average molecular weight is 233 g/mol. The van der Waals surface area contributed by atoms with E-state index in [0.29, 0.717) is 0 Å². The summed E-state index contributed by atoms with van der Waals surface area (Å²) in [6.07, 6.45) is 1.62. The molecule has 3 rings (SSSR count). The molecule has 16 heavy (non-hydrogen) atoms. The van der Waals surface area contributed by atoms with Gasteiger partial charge in [-0.25, -0.2) is 0 Å². The topological polar surface area (TPSA) is 32.3 Å². The van der Waals surface area contributed by atoms with Gasteiger partial charge in [-0.2, -0.15) is 0 Å². The number of rotatable bonds is 1. The van der Waals surface area contributed by atoms with Crippen LogP contribution < -0.4 is 5.32 Å². The number of benzene rings is 1. The minimum absolute atomic E-state index is 0.629. The van der Waals surface area contributed by atoms with Crippen LogP contribution in [-0.4, -0.2) is 18.2 Å². The molecule has 0 saturated carbocycles. The van der Waals surface area contributed by atoms with Gasteiger partial charge in [0.05, 0.1) is 5.60 Å². The Morgan fingerprint density at radius 2 is 2.00 bits per heavy atom. The lowest BCUT2D eigenvalue weighted by Gasteiger charge is -2.33. The summed E-state index contributed by atoms with van der Waals surface area (Å²) >= 11 is 1.73. The van der Waals surface area contributed by atoms with Crippen LogP contribution in [0.2, 0.25) is 0 Å². The van der Waals surface area contributed by atoms with Crippen molar-refractivity contribution in [3.05, 3.63) is 35.2 Å². The maximum Gasteiger partial charge on any atom is 0.0934 e. The third kappa shape index (κ3) is 1.56. The second-order valence-electron chi connectivity index (χ2n) is 4.43. The second kappa shape index (κ2) is 3.84. The normalized spacial score (nSPS) is 20.1. The van der Waals surface area contributed by atoms with Crippen molar-refractivity contribution in [3.8, 4) is 0 Å². The first-order chi connectivity index (χ1) is 7.80. The van der Waals surface area contributed by atoms with Gasteiger partial charge in [0.1, 0.15) is 0 Å². The lowest BCUT2D eigenvalue weighted by molar-refractivity contribution is 0.00749. The summed E-state index contributed by atoms with van der Waals surface area (Å²) in [7, 11) is 0. The van der Waals surface area contributed by atoms with Gasteiger partial charge in [-0.3, -0.25) is 0 Å². The third-order valence-corrected chi connectivity index (χ3v) is 4.37. The first-order valence-corrected chi connectivity index (χ1v) is 6.57. The number of nitrogens with one attached hydrogen (secondary N) is 1. The molecule has 2 nitrogen and oxygen atoms in total. The van der Waals surface area contributed by atoms with Gasteiger partial charge >= 0.3 is 0 Å². The van der Waals surface area contributed by atoms with Crippen molar-refractivity contribution in [3.63, 3.8) is 0 Å². The van der Waals surface area contributed by atoms with Gasteiger partial charge in [-0.1, -0.05) is 18.2 Å². The van der Waals surface area contributed by atoms with Gasteiger partial charge in [0.2, 0.25) is 0 Å². The molecule has 2 N–H and O–H groups in total. The van der Waals surface area contributed by atoms with E-state index in [2.05, 4.69) is 28.9 Å². The smallest absolute Gasteiger partial charge is 0.0934 e. The molecule has 0 amide bonds. The summed E-state index contributed by atoms with van der Waals surface area (Å²) in [5.41, 5.74) is 0.483. The van der Waals surface area contributed by atoms with Gasteiger partial charge in [-0.15, -0.1) is 11.3 Å². The zero-order valence-electron chi connectivity index (χ0n) is 9.07. The maximum absolute atomic E-state index is 10.7. The van der Waals surface area contributed by atoms with Crippen LogP contribution in [0.1, 0.15) is 18.4 Å². The van der Waals surface area contributed by atoms with Crippen LogP contribution in [0.25, 0.3) is 10.1 Å². The van der Waals surface area contributed by atoms with Gasteiger partial charge in [0.15, 0.2) is 0 Å². The van der Waals surface area contributed by atoms with Gasteiger partial charge < -0.3 is 10.4 Å². The maximum atomic E-state index is 10.7. The number of thiophene rings is 1. The fourth-order valence-electron chi connectivity index (χ4n) is 2.47. The average Bonchev–Trinajstić information content (AvgIpc) is 2.77. The first-order valence-electron chi connectivity index (χ1n) is 5.69.